The molecule has 0 radical (unpaired) electrons. The molecule has 0 spiro atoms. The van der Waals surface area contributed by atoms with Crippen LogP contribution in [0.2, 0.25) is 0 Å². The second-order valence-electron chi connectivity index (χ2n) is 6.96. The summed E-state index contributed by atoms with van der Waals surface area (Å²) >= 11 is 0. The van der Waals surface area contributed by atoms with Gasteiger partial charge in [0.15, 0.2) is 0 Å². The number of hydrogen-bond acceptors (Lipinski definition) is 3. The van der Waals surface area contributed by atoms with Gasteiger partial charge in [0.05, 0.1) is 6.04 Å². The molecule has 1 saturated carbocycles. The molecular formula is C16H27N3O2. The van der Waals surface area contributed by atoms with E-state index in [9.17, 15) is 9.59 Å². The minimum Gasteiger partial charge on any atom is -0.351 e. The van der Waals surface area contributed by atoms with E-state index in [1.165, 1.54) is 25.7 Å². The van der Waals surface area contributed by atoms with Crippen LogP contribution in [0.1, 0.15) is 51.9 Å². The molecule has 3 rings (SSSR count). The van der Waals surface area contributed by atoms with Crippen molar-refractivity contribution in [3.8, 4) is 0 Å². The highest BCUT2D eigenvalue weighted by atomic mass is 16.2. The number of nitrogens with zero attached hydrogens (tertiary/aromatic N) is 1. The molecule has 0 aromatic heterocycles. The third kappa shape index (κ3) is 3.39. The Morgan fingerprint density at radius 3 is 2.90 bits per heavy atom. The molecule has 21 heavy (non-hydrogen) atoms. The number of nitrogens with one attached hydrogen (secondary N) is 2. The van der Waals surface area contributed by atoms with Gasteiger partial charge in [-0.15, -0.1) is 0 Å². The van der Waals surface area contributed by atoms with Gasteiger partial charge in [-0.2, -0.15) is 0 Å². The molecule has 2 saturated heterocycles. The predicted molar refractivity (Wildman–Crippen MR) is 80.7 cm³/mol. The van der Waals surface area contributed by atoms with Gasteiger partial charge in [-0.3, -0.25) is 9.59 Å². The zero-order valence-corrected chi connectivity index (χ0v) is 12.9. The van der Waals surface area contributed by atoms with E-state index in [4.69, 9.17) is 0 Å². The number of hydrogen-bond donors (Lipinski definition) is 2. The lowest BCUT2D eigenvalue weighted by molar-refractivity contribution is -0.129. The maximum Gasteiger partial charge on any atom is 0.237 e. The summed E-state index contributed by atoms with van der Waals surface area (Å²) < 4.78 is 0. The number of carbonyl (C=O) groups is 2. The average molecular weight is 293 g/mol. The first-order valence-corrected chi connectivity index (χ1v) is 8.47. The van der Waals surface area contributed by atoms with Crippen molar-refractivity contribution in [1.29, 1.82) is 0 Å². The molecule has 5 nitrogen and oxygen atoms in total. The van der Waals surface area contributed by atoms with E-state index in [2.05, 4.69) is 10.6 Å². The van der Waals surface area contributed by atoms with E-state index in [0.29, 0.717) is 24.9 Å². The van der Waals surface area contributed by atoms with Gasteiger partial charge in [0, 0.05) is 31.6 Å². The van der Waals surface area contributed by atoms with Crippen LogP contribution in [0, 0.1) is 5.92 Å². The molecule has 3 aliphatic rings. The van der Waals surface area contributed by atoms with Crippen molar-refractivity contribution >= 4 is 11.8 Å². The summed E-state index contributed by atoms with van der Waals surface area (Å²) in [6, 6.07) is 0.545. The van der Waals surface area contributed by atoms with Gasteiger partial charge in [-0.1, -0.05) is 12.8 Å². The van der Waals surface area contributed by atoms with Crippen molar-refractivity contribution in [2.75, 3.05) is 13.1 Å². The van der Waals surface area contributed by atoms with Crippen molar-refractivity contribution in [3.63, 3.8) is 0 Å². The molecule has 0 aromatic rings. The normalized spacial score (nSPS) is 33.9. The first-order valence-electron chi connectivity index (χ1n) is 8.47. The molecule has 2 aliphatic heterocycles. The van der Waals surface area contributed by atoms with Crippen LogP contribution < -0.4 is 10.6 Å². The van der Waals surface area contributed by atoms with Gasteiger partial charge in [-0.25, -0.2) is 0 Å². The zero-order valence-electron chi connectivity index (χ0n) is 12.9. The highest BCUT2D eigenvalue weighted by molar-refractivity contribution is 5.82. The van der Waals surface area contributed by atoms with E-state index in [1.807, 2.05) is 11.8 Å². The molecule has 2 amide bonds. The van der Waals surface area contributed by atoms with Gasteiger partial charge >= 0.3 is 0 Å². The minimum atomic E-state index is -0.0326. The summed E-state index contributed by atoms with van der Waals surface area (Å²) in [4.78, 5) is 25.9. The van der Waals surface area contributed by atoms with Crippen molar-refractivity contribution in [2.24, 2.45) is 5.92 Å². The van der Waals surface area contributed by atoms with Crippen LogP contribution in [-0.4, -0.2) is 47.9 Å². The van der Waals surface area contributed by atoms with Crippen molar-refractivity contribution in [3.05, 3.63) is 0 Å². The number of likely N-dealkylation sites (tertiary alicyclic amines) is 1. The Balaban J connectivity index is 1.46. The van der Waals surface area contributed by atoms with E-state index in [0.717, 1.165) is 19.4 Å². The highest BCUT2D eigenvalue weighted by Gasteiger charge is 2.38. The maximum absolute atomic E-state index is 12.4. The standard InChI is InChI=1S/C16H27N3O2/c1-11(10-19-8-4-7-15(19)20)17-16(21)14-9-12-5-2-3-6-13(12)18-14/h11-14,18H,2-10H2,1H3,(H,17,21). The summed E-state index contributed by atoms with van der Waals surface area (Å²) in [7, 11) is 0. The Morgan fingerprint density at radius 1 is 1.38 bits per heavy atom. The lowest BCUT2D eigenvalue weighted by atomic mass is 9.85. The average Bonchev–Trinajstić information content (AvgIpc) is 3.05. The second kappa shape index (κ2) is 6.34. The fraction of sp³-hybridized carbons (Fsp3) is 0.875. The lowest BCUT2D eigenvalue weighted by Crippen LogP contribution is -2.49. The second-order valence-corrected chi connectivity index (χ2v) is 6.96. The molecule has 4 atom stereocenters. The third-order valence-electron chi connectivity index (χ3n) is 5.23. The first kappa shape index (κ1) is 14.8. The Hall–Kier alpha value is -1.10. The first-order chi connectivity index (χ1) is 10.1. The monoisotopic (exact) mass is 293 g/mol. The van der Waals surface area contributed by atoms with Crippen molar-refractivity contribution in [2.45, 2.75) is 70.0 Å². The number of amides is 2. The Kier molecular flexibility index (Phi) is 4.48. The van der Waals surface area contributed by atoms with Crippen LogP contribution in [0.25, 0.3) is 0 Å². The Bertz CT molecular complexity index is 398. The summed E-state index contributed by atoms with van der Waals surface area (Å²) in [5.41, 5.74) is 0. The Labute approximate surface area is 126 Å². The summed E-state index contributed by atoms with van der Waals surface area (Å²) in [6.07, 6.45) is 7.67. The summed E-state index contributed by atoms with van der Waals surface area (Å²) in [5, 5.41) is 6.59. The van der Waals surface area contributed by atoms with Crippen molar-refractivity contribution in [1.82, 2.24) is 15.5 Å². The SMILES string of the molecule is CC(CN1CCCC1=O)NC(=O)C1CC2CCCCC2N1. The molecule has 0 aromatic carbocycles. The molecule has 0 bridgehead atoms. The van der Waals surface area contributed by atoms with Crippen LogP contribution in [0.3, 0.4) is 0 Å². The minimum absolute atomic E-state index is 0.0315. The van der Waals surface area contributed by atoms with Gasteiger partial charge in [0.25, 0.3) is 0 Å². The van der Waals surface area contributed by atoms with Gasteiger partial charge in [0.1, 0.15) is 0 Å². The fourth-order valence-corrected chi connectivity index (χ4v) is 4.14. The van der Waals surface area contributed by atoms with Crippen LogP contribution in [-0.2, 0) is 9.59 Å². The van der Waals surface area contributed by atoms with Crippen LogP contribution in [0.5, 0.6) is 0 Å². The predicted octanol–water partition coefficient (Wildman–Crippen LogP) is 1.03. The van der Waals surface area contributed by atoms with E-state index in [-0.39, 0.29) is 23.9 Å². The molecule has 1 aliphatic carbocycles. The highest BCUT2D eigenvalue weighted by Crippen LogP contribution is 2.33. The van der Waals surface area contributed by atoms with Crippen LogP contribution >= 0.6 is 0 Å². The summed E-state index contributed by atoms with van der Waals surface area (Å²) in [5.74, 6) is 1.02. The number of rotatable bonds is 4. The summed E-state index contributed by atoms with van der Waals surface area (Å²) in [6.45, 7) is 3.47. The lowest BCUT2D eigenvalue weighted by Gasteiger charge is -2.24. The van der Waals surface area contributed by atoms with Gasteiger partial charge in [-0.05, 0) is 38.5 Å². The van der Waals surface area contributed by atoms with E-state index < -0.39 is 0 Å². The van der Waals surface area contributed by atoms with E-state index >= 15 is 0 Å². The molecule has 118 valence electrons. The topological polar surface area (TPSA) is 61.4 Å². The molecular weight excluding hydrogens is 266 g/mol. The van der Waals surface area contributed by atoms with Crippen LogP contribution in [0.15, 0.2) is 0 Å². The smallest absolute Gasteiger partial charge is 0.237 e. The van der Waals surface area contributed by atoms with E-state index in [1.54, 1.807) is 0 Å². The molecule has 4 unspecified atom stereocenters. The quantitative estimate of drug-likeness (QED) is 0.814. The van der Waals surface area contributed by atoms with Gasteiger partial charge in [0.2, 0.25) is 11.8 Å². The zero-order chi connectivity index (χ0) is 14.8. The third-order valence-corrected chi connectivity index (χ3v) is 5.23. The largest absolute Gasteiger partial charge is 0.351 e. The molecule has 3 fully saturated rings. The Morgan fingerprint density at radius 2 is 2.19 bits per heavy atom. The maximum atomic E-state index is 12.4. The van der Waals surface area contributed by atoms with Crippen LogP contribution in [0.4, 0.5) is 0 Å². The van der Waals surface area contributed by atoms with Gasteiger partial charge < -0.3 is 15.5 Å². The molecule has 2 N–H and O–H groups in total. The number of carbonyl (C=O) groups excluding carboxylic acids is 2. The molecule has 2 heterocycles. The number of fused-ring (bicyclic) bond motifs is 1. The fourth-order valence-electron chi connectivity index (χ4n) is 4.14. The molecule has 5 heteroatoms. The van der Waals surface area contributed by atoms with Crippen molar-refractivity contribution < 1.29 is 9.59 Å².